The lowest BCUT2D eigenvalue weighted by Gasteiger charge is -2.12. The van der Waals surface area contributed by atoms with E-state index in [-0.39, 0.29) is 6.04 Å². The van der Waals surface area contributed by atoms with Crippen LogP contribution in [-0.2, 0) is 6.42 Å². The van der Waals surface area contributed by atoms with Crippen LogP contribution in [0, 0.1) is 6.92 Å². The van der Waals surface area contributed by atoms with E-state index >= 15 is 0 Å². The fourth-order valence-electron chi connectivity index (χ4n) is 2.69. The Labute approximate surface area is 118 Å². The van der Waals surface area contributed by atoms with Crippen LogP contribution in [0.1, 0.15) is 32.0 Å². The maximum absolute atomic E-state index is 4.67. The van der Waals surface area contributed by atoms with Crippen LogP contribution >= 0.6 is 0 Å². The molecule has 0 radical (unpaired) electrons. The van der Waals surface area contributed by atoms with Gasteiger partial charge in [-0.2, -0.15) is 0 Å². The quantitative estimate of drug-likeness (QED) is 0.793. The molecule has 0 unspecified atom stereocenters. The van der Waals surface area contributed by atoms with Gasteiger partial charge in [-0.3, -0.25) is 4.99 Å². The molecule has 20 heavy (non-hydrogen) atoms. The lowest BCUT2D eigenvalue weighted by Crippen LogP contribution is -2.34. The molecule has 1 aliphatic rings. The number of allylic oxidation sites excluding steroid dienone is 1. The van der Waals surface area contributed by atoms with Crippen LogP contribution in [-0.4, -0.2) is 16.0 Å². The molecule has 3 rings (SSSR count). The van der Waals surface area contributed by atoms with E-state index in [9.17, 15) is 0 Å². The van der Waals surface area contributed by atoms with E-state index in [1.807, 2.05) is 6.92 Å². The third-order valence-corrected chi connectivity index (χ3v) is 3.94. The van der Waals surface area contributed by atoms with Gasteiger partial charge in [-0.1, -0.05) is 13.0 Å². The first-order chi connectivity index (χ1) is 9.62. The molecule has 3 nitrogen and oxygen atoms in total. The molecule has 102 valence electrons. The van der Waals surface area contributed by atoms with E-state index in [0.717, 1.165) is 33.9 Å². The Kier molecular flexibility index (Phi) is 3.13. The monoisotopic (exact) mass is 265 g/mol. The Morgan fingerprint density at radius 3 is 2.75 bits per heavy atom. The topological polar surface area (TPSA) is 38.1 Å². The molecule has 0 spiro atoms. The Hall–Kier alpha value is -2.03. The predicted molar refractivity (Wildman–Crippen MR) is 82.1 cm³/mol. The summed E-state index contributed by atoms with van der Waals surface area (Å²) < 4.78 is 0. The number of fused-ring (bicyclic) bond motifs is 2. The number of rotatable bonds is 1. The second-order valence-electron chi connectivity index (χ2n) is 5.27. The van der Waals surface area contributed by atoms with Crippen molar-refractivity contribution in [2.75, 3.05) is 0 Å². The standard InChI is InChI=1S/C17H19N3/c1-5-12-7-14-9-15-8-13(6-2)11(4)19-17(15)20-16(14)18-10(12)3/h5,7-10H,6H2,1-4H3/t10-/m0/s1. The first kappa shape index (κ1) is 13.0. The average molecular weight is 265 g/mol. The Balaban J connectivity index is 2.35. The first-order valence-electron chi connectivity index (χ1n) is 7.15. The minimum absolute atomic E-state index is 0.175. The summed E-state index contributed by atoms with van der Waals surface area (Å²) in [7, 11) is 0. The summed E-state index contributed by atoms with van der Waals surface area (Å²) in [5.74, 6) is 0. The highest BCUT2D eigenvalue weighted by molar-refractivity contribution is 5.76. The van der Waals surface area contributed by atoms with Gasteiger partial charge in [0.1, 0.15) is 0 Å². The van der Waals surface area contributed by atoms with E-state index in [1.54, 1.807) is 0 Å². The van der Waals surface area contributed by atoms with Crippen molar-refractivity contribution in [3.05, 3.63) is 45.7 Å². The van der Waals surface area contributed by atoms with Crippen molar-refractivity contribution in [3.8, 4) is 0 Å². The van der Waals surface area contributed by atoms with Gasteiger partial charge >= 0.3 is 0 Å². The molecule has 0 bridgehead atoms. The molecule has 0 saturated carbocycles. The summed E-state index contributed by atoms with van der Waals surface area (Å²) in [6.07, 6.45) is 5.30. The fraction of sp³-hybridized carbons (Fsp3) is 0.353. The van der Waals surface area contributed by atoms with Crippen LogP contribution in [0.5, 0.6) is 0 Å². The summed E-state index contributed by atoms with van der Waals surface area (Å²) in [6, 6.07) is 4.53. The van der Waals surface area contributed by atoms with Crippen molar-refractivity contribution in [3.63, 3.8) is 0 Å². The minimum atomic E-state index is 0.175. The summed E-state index contributed by atoms with van der Waals surface area (Å²) >= 11 is 0. The van der Waals surface area contributed by atoms with Crippen molar-refractivity contribution in [2.24, 2.45) is 4.99 Å². The van der Waals surface area contributed by atoms with E-state index < -0.39 is 0 Å². The normalized spacial score (nSPS) is 19.6. The first-order valence-corrected chi connectivity index (χ1v) is 7.15. The highest BCUT2D eigenvalue weighted by Gasteiger charge is 2.11. The zero-order valence-electron chi connectivity index (χ0n) is 12.4. The molecular formula is C17H19N3. The number of nitrogens with zero attached hydrogens (tertiary/aromatic N) is 3. The minimum Gasteiger partial charge on any atom is -0.258 e. The van der Waals surface area contributed by atoms with E-state index in [4.69, 9.17) is 0 Å². The number of hydrogen-bond acceptors (Lipinski definition) is 3. The fourth-order valence-corrected chi connectivity index (χ4v) is 2.69. The molecule has 0 amide bonds. The van der Waals surface area contributed by atoms with Crippen molar-refractivity contribution in [2.45, 2.75) is 40.2 Å². The van der Waals surface area contributed by atoms with Gasteiger partial charge in [0.15, 0.2) is 11.1 Å². The van der Waals surface area contributed by atoms with Crippen molar-refractivity contribution in [1.82, 2.24) is 9.97 Å². The molecule has 2 aromatic heterocycles. The molecule has 2 aromatic rings. The SMILES string of the molecule is CC=C1C=c2cc3cc(CC)c(C)nc3nc2=N[C@H]1C. The van der Waals surface area contributed by atoms with Crippen molar-refractivity contribution < 1.29 is 0 Å². The summed E-state index contributed by atoms with van der Waals surface area (Å²) in [4.78, 5) is 13.9. The van der Waals surface area contributed by atoms with Crippen LogP contribution in [0.25, 0.3) is 17.1 Å². The third kappa shape index (κ3) is 2.03. The molecule has 3 heterocycles. The third-order valence-electron chi connectivity index (χ3n) is 3.94. The summed E-state index contributed by atoms with van der Waals surface area (Å²) in [6.45, 7) is 8.35. The van der Waals surface area contributed by atoms with Gasteiger partial charge in [-0.15, -0.1) is 0 Å². The zero-order chi connectivity index (χ0) is 14.3. The highest BCUT2D eigenvalue weighted by atomic mass is 14.9. The predicted octanol–water partition coefficient (Wildman–Crippen LogP) is 2.25. The molecule has 0 aromatic carbocycles. The lowest BCUT2D eigenvalue weighted by atomic mass is 10.0. The average Bonchev–Trinajstić information content (AvgIpc) is 2.44. The Morgan fingerprint density at radius 2 is 2.05 bits per heavy atom. The number of aryl methyl sites for hydroxylation is 2. The number of pyridine rings is 2. The molecule has 1 aliphatic heterocycles. The second kappa shape index (κ2) is 4.82. The largest absolute Gasteiger partial charge is 0.258 e. The van der Waals surface area contributed by atoms with Crippen LogP contribution < -0.4 is 10.7 Å². The van der Waals surface area contributed by atoms with Crippen LogP contribution in [0.3, 0.4) is 0 Å². The molecule has 3 heteroatoms. The molecular weight excluding hydrogens is 246 g/mol. The van der Waals surface area contributed by atoms with Crippen LogP contribution in [0.2, 0.25) is 0 Å². The number of hydrogen-bond donors (Lipinski definition) is 0. The van der Waals surface area contributed by atoms with Gasteiger partial charge in [0.2, 0.25) is 0 Å². The van der Waals surface area contributed by atoms with Crippen LogP contribution in [0.15, 0.2) is 28.8 Å². The van der Waals surface area contributed by atoms with Crippen LogP contribution in [0.4, 0.5) is 0 Å². The van der Waals surface area contributed by atoms with E-state index in [1.165, 1.54) is 11.1 Å². The van der Waals surface area contributed by atoms with Gasteiger partial charge < -0.3 is 0 Å². The van der Waals surface area contributed by atoms with E-state index in [2.05, 4.69) is 60.0 Å². The Bertz CT molecular complexity index is 831. The number of aromatic nitrogens is 2. The Morgan fingerprint density at radius 1 is 1.25 bits per heavy atom. The maximum atomic E-state index is 4.67. The molecule has 0 aliphatic carbocycles. The van der Waals surface area contributed by atoms with Gasteiger partial charge in [-0.25, -0.2) is 9.97 Å². The summed E-state index contributed by atoms with van der Waals surface area (Å²) in [5.41, 5.74) is 5.20. The molecule has 0 saturated heterocycles. The molecule has 0 fully saturated rings. The van der Waals surface area contributed by atoms with Gasteiger partial charge in [0.05, 0.1) is 6.04 Å². The smallest absolute Gasteiger partial charge is 0.161 e. The van der Waals surface area contributed by atoms with E-state index in [0.29, 0.717) is 0 Å². The van der Waals surface area contributed by atoms with Gasteiger partial charge in [0.25, 0.3) is 0 Å². The van der Waals surface area contributed by atoms with Gasteiger partial charge in [0, 0.05) is 16.3 Å². The lowest BCUT2D eigenvalue weighted by molar-refractivity contribution is 0.823. The molecule has 1 atom stereocenters. The second-order valence-corrected chi connectivity index (χ2v) is 5.27. The summed E-state index contributed by atoms with van der Waals surface area (Å²) in [5, 5.41) is 2.19. The zero-order valence-corrected chi connectivity index (χ0v) is 12.4. The maximum Gasteiger partial charge on any atom is 0.161 e. The van der Waals surface area contributed by atoms with Crippen molar-refractivity contribution >= 4 is 17.1 Å². The highest BCUT2D eigenvalue weighted by Crippen LogP contribution is 2.14. The molecule has 0 N–H and O–H groups in total. The van der Waals surface area contributed by atoms with Crippen molar-refractivity contribution in [1.29, 1.82) is 0 Å². The van der Waals surface area contributed by atoms with Gasteiger partial charge in [-0.05, 0) is 56.5 Å².